The Hall–Kier alpha value is -2.84. The van der Waals surface area contributed by atoms with Crippen molar-refractivity contribution in [3.05, 3.63) is 35.4 Å². The van der Waals surface area contributed by atoms with E-state index in [0.29, 0.717) is 0 Å². The molecule has 8 nitrogen and oxygen atoms in total. The number of halogens is 1. The number of anilines is 1. The van der Waals surface area contributed by atoms with Crippen LogP contribution in [0.4, 0.5) is 10.1 Å². The van der Waals surface area contributed by atoms with Crippen molar-refractivity contribution >= 4 is 17.6 Å². The quantitative estimate of drug-likeness (QED) is 0.720. The van der Waals surface area contributed by atoms with Crippen molar-refractivity contribution < 1.29 is 19.1 Å². The van der Waals surface area contributed by atoms with Crippen LogP contribution in [0, 0.1) is 5.82 Å². The molecule has 0 aliphatic carbocycles. The number of carboxylic acid groups (broad SMARTS) is 1. The molecule has 0 aliphatic rings. The number of nitrogens with zero attached hydrogens (tertiary/aromatic N) is 3. The maximum atomic E-state index is 13.4. The zero-order valence-electron chi connectivity index (χ0n) is 8.72. The third-order valence-electron chi connectivity index (χ3n) is 2.01. The average molecular weight is 251 g/mol. The van der Waals surface area contributed by atoms with E-state index in [2.05, 4.69) is 25.9 Å². The molecule has 9 heteroatoms. The van der Waals surface area contributed by atoms with Gasteiger partial charge in [-0.15, -0.1) is 10.2 Å². The number of aromatic carboxylic acids is 1. The number of tetrazole rings is 1. The van der Waals surface area contributed by atoms with Crippen LogP contribution in [0.2, 0.25) is 0 Å². The fourth-order valence-electron chi connectivity index (χ4n) is 1.19. The van der Waals surface area contributed by atoms with E-state index in [1.54, 1.807) is 0 Å². The molecule has 0 radical (unpaired) electrons. The zero-order valence-corrected chi connectivity index (χ0v) is 8.72. The van der Waals surface area contributed by atoms with Crippen molar-refractivity contribution in [1.29, 1.82) is 0 Å². The highest BCUT2D eigenvalue weighted by Crippen LogP contribution is 2.16. The summed E-state index contributed by atoms with van der Waals surface area (Å²) >= 11 is 0. The first-order valence-electron chi connectivity index (χ1n) is 4.65. The van der Waals surface area contributed by atoms with Crippen LogP contribution in [-0.4, -0.2) is 37.6 Å². The number of nitrogens with one attached hydrogen (secondary N) is 2. The number of carboxylic acids is 1. The van der Waals surface area contributed by atoms with E-state index in [4.69, 9.17) is 5.11 Å². The molecule has 92 valence electrons. The highest BCUT2D eigenvalue weighted by molar-refractivity contribution is 6.02. The maximum absolute atomic E-state index is 13.4. The number of rotatable bonds is 3. The number of carbonyl (C=O) groups is 2. The van der Waals surface area contributed by atoms with Gasteiger partial charge in [0.25, 0.3) is 11.7 Å². The van der Waals surface area contributed by atoms with Crippen LogP contribution in [0.5, 0.6) is 0 Å². The predicted octanol–water partition coefficient (Wildman–Crippen LogP) is 0.289. The van der Waals surface area contributed by atoms with Crippen LogP contribution >= 0.6 is 0 Å². The fourth-order valence-corrected chi connectivity index (χ4v) is 1.19. The van der Waals surface area contributed by atoms with Gasteiger partial charge in [0.2, 0.25) is 0 Å². The molecular formula is C9H6FN5O3. The summed E-state index contributed by atoms with van der Waals surface area (Å²) in [5, 5.41) is 22.9. The molecule has 1 amide bonds. The van der Waals surface area contributed by atoms with Crippen molar-refractivity contribution in [2.45, 2.75) is 0 Å². The number of hydrogen-bond acceptors (Lipinski definition) is 5. The molecule has 0 aliphatic heterocycles. The van der Waals surface area contributed by atoms with Crippen molar-refractivity contribution in [3.63, 3.8) is 0 Å². The highest BCUT2D eigenvalue weighted by atomic mass is 19.1. The third-order valence-corrected chi connectivity index (χ3v) is 2.01. The first-order chi connectivity index (χ1) is 8.58. The minimum absolute atomic E-state index is 0.153. The fraction of sp³-hybridized carbons (Fsp3) is 0. The van der Waals surface area contributed by atoms with E-state index in [1.165, 1.54) is 0 Å². The molecule has 0 saturated carbocycles. The first-order valence-corrected chi connectivity index (χ1v) is 4.65. The standard InChI is InChI=1S/C9H6FN5O3/c10-5-2-1-4(9(17)18)3-6(5)11-8(16)7-12-14-15-13-7/h1-3H,(H,11,16)(H,17,18)(H,12,13,14,15). The van der Waals surface area contributed by atoms with Gasteiger partial charge in [-0.2, -0.15) is 5.21 Å². The third kappa shape index (κ3) is 2.29. The van der Waals surface area contributed by atoms with Crippen LogP contribution in [0.1, 0.15) is 21.0 Å². The Bertz CT molecular complexity index is 598. The van der Waals surface area contributed by atoms with Gasteiger partial charge in [0.15, 0.2) is 0 Å². The van der Waals surface area contributed by atoms with Gasteiger partial charge in [0, 0.05) is 0 Å². The van der Waals surface area contributed by atoms with Gasteiger partial charge in [-0.1, -0.05) is 0 Å². The molecule has 0 bridgehead atoms. The summed E-state index contributed by atoms with van der Waals surface area (Å²) in [6, 6.07) is 3.02. The summed E-state index contributed by atoms with van der Waals surface area (Å²) in [7, 11) is 0. The van der Waals surface area contributed by atoms with Gasteiger partial charge in [-0.05, 0) is 23.4 Å². The van der Waals surface area contributed by atoms with Crippen molar-refractivity contribution in [2.24, 2.45) is 0 Å². The lowest BCUT2D eigenvalue weighted by molar-refractivity contribution is 0.0696. The zero-order chi connectivity index (χ0) is 13.1. The van der Waals surface area contributed by atoms with Gasteiger partial charge >= 0.3 is 5.97 Å². The lowest BCUT2D eigenvalue weighted by Gasteiger charge is -2.04. The second-order valence-electron chi connectivity index (χ2n) is 3.19. The number of hydrogen-bond donors (Lipinski definition) is 3. The number of carbonyl (C=O) groups excluding carboxylic acids is 1. The van der Waals surface area contributed by atoms with Crippen molar-refractivity contribution in [3.8, 4) is 0 Å². The monoisotopic (exact) mass is 251 g/mol. The van der Waals surface area contributed by atoms with Crippen LogP contribution in [0.15, 0.2) is 18.2 Å². The molecule has 2 aromatic rings. The van der Waals surface area contributed by atoms with Crippen LogP contribution in [-0.2, 0) is 0 Å². The summed E-state index contributed by atoms with van der Waals surface area (Å²) in [4.78, 5) is 22.2. The minimum Gasteiger partial charge on any atom is -0.478 e. The Morgan fingerprint density at radius 2 is 2.17 bits per heavy atom. The SMILES string of the molecule is O=C(O)c1ccc(F)c(NC(=O)c2nn[nH]n2)c1. The average Bonchev–Trinajstić information content (AvgIpc) is 2.85. The smallest absolute Gasteiger partial charge is 0.335 e. The van der Waals surface area contributed by atoms with Crippen LogP contribution < -0.4 is 5.32 Å². The van der Waals surface area contributed by atoms with Crippen LogP contribution in [0.3, 0.4) is 0 Å². The summed E-state index contributed by atoms with van der Waals surface area (Å²) < 4.78 is 13.4. The van der Waals surface area contributed by atoms with E-state index >= 15 is 0 Å². The van der Waals surface area contributed by atoms with E-state index < -0.39 is 17.7 Å². The molecule has 1 aromatic carbocycles. The van der Waals surface area contributed by atoms with Crippen LogP contribution in [0.25, 0.3) is 0 Å². The number of aromatic nitrogens is 4. The Kier molecular flexibility index (Phi) is 2.96. The molecule has 0 atom stereocenters. The normalized spacial score (nSPS) is 10.1. The van der Waals surface area contributed by atoms with Gasteiger partial charge < -0.3 is 10.4 Å². The molecule has 1 heterocycles. The Morgan fingerprint density at radius 1 is 1.39 bits per heavy atom. The second-order valence-corrected chi connectivity index (χ2v) is 3.19. The van der Waals surface area contributed by atoms with Gasteiger partial charge in [-0.25, -0.2) is 9.18 Å². The summed E-state index contributed by atoms with van der Waals surface area (Å²) in [5.74, 6) is -3.08. The molecular weight excluding hydrogens is 245 g/mol. The summed E-state index contributed by atoms with van der Waals surface area (Å²) in [6.45, 7) is 0. The largest absolute Gasteiger partial charge is 0.478 e. The van der Waals surface area contributed by atoms with Crippen molar-refractivity contribution in [1.82, 2.24) is 20.6 Å². The Labute approximate surface area is 98.8 Å². The van der Waals surface area contributed by atoms with E-state index in [-0.39, 0.29) is 17.1 Å². The Balaban J connectivity index is 2.26. The number of aromatic amines is 1. The first kappa shape index (κ1) is 11.6. The lowest BCUT2D eigenvalue weighted by atomic mass is 10.2. The van der Waals surface area contributed by atoms with E-state index in [9.17, 15) is 14.0 Å². The number of amides is 1. The molecule has 0 saturated heterocycles. The summed E-state index contributed by atoms with van der Waals surface area (Å²) in [5.41, 5.74) is -0.426. The number of H-pyrrole nitrogens is 1. The molecule has 18 heavy (non-hydrogen) atoms. The lowest BCUT2D eigenvalue weighted by Crippen LogP contribution is -2.15. The predicted molar refractivity (Wildman–Crippen MR) is 55.5 cm³/mol. The summed E-state index contributed by atoms with van der Waals surface area (Å²) in [6.07, 6.45) is 0. The molecule has 0 unspecified atom stereocenters. The van der Waals surface area contributed by atoms with Crippen molar-refractivity contribution in [2.75, 3.05) is 5.32 Å². The van der Waals surface area contributed by atoms with Gasteiger partial charge in [0.1, 0.15) is 5.82 Å². The topological polar surface area (TPSA) is 121 Å². The number of benzene rings is 1. The molecule has 0 fully saturated rings. The van der Waals surface area contributed by atoms with Gasteiger partial charge in [0.05, 0.1) is 11.3 Å². The molecule has 1 aromatic heterocycles. The Morgan fingerprint density at radius 3 is 2.78 bits per heavy atom. The van der Waals surface area contributed by atoms with Gasteiger partial charge in [-0.3, -0.25) is 4.79 Å². The second kappa shape index (κ2) is 4.57. The molecule has 2 rings (SSSR count). The maximum Gasteiger partial charge on any atom is 0.335 e. The molecule has 0 spiro atoms. The minimum atomic E-state index is -1.23. The highest BCUT2D eigenvalue weighted by Gasteiger charge is 2.15. The van der Waals surface area contributed by atoms with E-state index in [0.717, 1.165) is 18.2 Å². The van der Waals surface area contributed by atoms with E-state index in [1.807, 2.05) is 0 Å². The molecule has 3 N–H and O–H groups in total.